The molecule has 1 aliphatic heterocycles. The van der Waals surface area contributed by atoms with E-state index in [4.69, 9.17) is 9.47 Å². The van der Waals surface area contributed by atoms with Gasteiger partial charge in [-0.05, 0) is 61.0 Å². The molecular weight excluding hydrogens is 446 g/mol. The number of aryl methyl sites for hydroxylation is 1. The van der Waals surface area contributed by atoms with Gasteiger partial charge in [0.15, 0.2) is 17.7 Å². The molecule has 4 aromatic rings. The van der Waals surface area contributed by atoms with Crippen molar-refractivity contribution in [2.24, 2.45) is 0 Å². The highest BCUT2D eigenvalue weighted by molar-refractivity contribution is 6.04. The standard InChI is InChI=1S/C27H25N3O5/c1-17-13-22-19(14-25(31)32)5-3-6-23(22)30(17)27(33)18-8-10-20(11-9-18)34-16-21-15-29(2)26-24(35-21)7-4-12-28-26/h3-13,21H,14-16H2,1-2H3,(H,31,32). The third-order valence-corrected chi connectivity index (χ3v) is 6.09. The molecule has 1 aliphatic rings. The number of nitrogens with zero attached hydrogens (tertiary/aromatic N) is 3. The van der Waals surface area contributed by atoms with Gasteiger partial charge in [-0.25, -0.2) is 4.98 Å². The Labute approximate surface area is 202 Å². The lowest BCUT2D eigenvalue weighted by atomic mass is 10.1. The van der Waals surface area contributed by atoms with Crippen molar-refractivity contribution in [1.29, 1.82) is 0 Å². The number of aromatic nitrogens is 2. The maximum atomic E-state index is 13.3. The molecule has 2 aromatic heterocycles. The second-order valence-electron chi connectivity index (χ2n) is 8.63. The van der Waals surface area contributed by atoms with Crippen molar-refractivity contribution in [2.45, 2.75) is 19.4 Å². The molecule has 3 heterocycles. The number of rotatable bonds is 6. The first-order chi connectivity index (χ1) is 16.9. The van der Waals surface area contributed by atoms with Crippen molar-refractivity contribution >= 4 is 28.6 Å². The number of benzene rings is 2. The fourth-order valence-electron chi connectivity index (χ4n) is 4.48. The Bertz CT molecular complexity index is 1410. The minimum absolute atomic E-state index is 0.0936. The molecule has 1 unspecified atom stereocenters. The van der Waals surface area contributed by atoms with E-state index in [1.165, 1.54) is 0 Å². The third-order valence-electron chi connectivity index (χ3n) is 6.09. The van der Waals surface area contributed by atoms with Crippen LogP contribution in [-0.4, -0.2) is 52.8 Å². The molecule has 178 valence electrons. The lowest BCUT2D eigenvalue weighted by molar-refractivity contribution is -0.136. The Morgan fingerprint density at radius 3 is 2.71 bits per heavy atom. The number of aliphatic carboxylic acids is 1. The van der Waals surface area contributed by atoms with Crippen LogP contribution in [0.1, 0.15) is 21.6 Å². The number of likely N-dealkylation sites (N-methyl/N-ethyl adjacent to an activating group) is 1. The van der Waals surface area contributed by atoms with Crippen LogP contribution in [0.25, 0.3) is 10.9 Å². The highest BCUT2D eigenvalue weighted by Gasteiger charge is 2.25. The Morgan fingerprint density at radius 2 is 1.94 bits per heavy atom. The maximum absolute atomic E-state index is 13.3. The van der Waals surface area contributed by atoms with Crippen LogP contribution in [0.4, 0.5) is 5.82 Å². The van der Waals surface area contributed by atoms with Crippen molar-refractivity contribution in [3.63, 3.8) is 0 Å². The molecule has 0 radical (unpaired) electrons. The summed E-state index contributed by atoms with van der Waals surface area (Å²) in [6.45, 7) is 2.86. The highest BCUT2D eigenvalue weighted by atomic mass is 16.5. The van der Waals surface area contributed by atoms with Crippen LogP contribution >= 0.6 is 0 Å². The van der Waals surface area contributed by atoms with Crippen LogP contribution in [0.3, 0.4) is 0 Å². The first kappa shape index (κ1) is 22.5. The zero-order chi connectivity index (χ0) is 24.5. The van der Waals surface area contributed by atoms with Gasteiger partial charge >= 0.3 is 5.97 Å². The van der Waals surface area contributed by atoms with E-state index in [9.17, 15) is 14.7 Å². The molecule has 2 aromatic carbocycles. The van der Waals surface area contributed by atoms with E-state index in [1.54, 1.807) is 47.2 Å². The van der Waals surface area contributed by atoms with Gasteiger partial charge in [0.1, 0.15) is 12.4 Å². The zero-order valence-corrected chi connectivity index (χ0v) is 19.5. The Balaban J connectivity index is 1.30. The summed E-state index contributed by atoms with van der Waals surface area (Å²) in [5.74, 6) is 1.10. The molecule has 8 heteroatoms. The van der Waals surface area contributed by atoms with Crippen molar-refractivity contribution < 1.29 is 24.2 Å². The molecule has 0 bridgehead atoms. The molecule has 1 atom stereocenters. The largest absolute Gasteiger partial charge is 0.490 e. The van der Waals surface area contributed by atoms with Gasteiger partial charge in [0.25, 0.3) is 5.91 Å². The number of carbonyl (C=O) groups excluding carboxylic acids is 1. The normalized spacial score (nSPS) is 14.9. The minimum atomic E-state index is -0.907. The summed E-state index contributed by atoms with van der Waals surface area (Å²) in [7, 11) is 1.97. The average Bonchev–Trinajstić information content (AvgIpc) is 3.19. The van der Waals surface area contributed by atoms with Gasteiger partial charge in [0.2, 0.25) is 0 Å². The molecule has 5 rings (SSSR count). The van der Waals surface area contributed by atoms with Crippen LogP contribution < -0.4 is 14.4 Å². The number of carbonyl (C=O) groups is 2. The van der Waals surface area contributed by atoms with E-state index in [-0.39, 0.29) is 18.4 Å². The van der Waals surface area contributed by atoms with Gasteiger partial charge in [-0.3, -0.25) is 14.2 Å². The molecular formula is C27H25N3O5. The molecule has 0 saturated heterocycles. The van der Waals surface area contributed by atoms with Crippen molar-refractivity contribution in [3.05, 3.63) is 83.7 Å². The summed E-state index contributed by atoms with van der Waals surface area (Å²) in [5, 5.41) is 9.97. The van der Waals surface area contributed by atoms with Crippen LogP contribution in [0.2, 0.25) is 0 Å². The van der Waals surface area contributed by atoms with E-state index >= 15 is 0 Å². The van der Waals surface area contributed by atoms with Gasteiger partial charge in [-0.2, -0.15) is 0 Å². The lowest BCUT2D eigenvalue weighted by Gasteiger charge is -2.32. The number of carboxylic acid groups (broad SMARTS) is 1. The van der Waals surface area contributed by atoms with Crippen LogP contribution in [-0.2, 0) is 11.2 Å². The fraction of sp³-hybridized carbons (Fsp3) is 0.222. The molecule has 0 saturated carbocycles. The summed E-state index contributed by atoms with van der Waals surface area (Å²) in [6.07, 6.45) is 1.50. The summed E-state index contributed by atoms with van der Waals surface area (Å²) in [4.78, 5) is 30.9. The van der Waals surface area contributed by atoms with E-state index in [0.717, 1.165) is 22.6 Å². The lowest BCUT2D eigenvalue weighted by Crippen LogP contribution is -2.41. The zero-order valence-electron chi connectivity index (χ0n) is 19.5. The van der Waals surface area contributed by atoms with Gasteiger partial charge in [0, 0.05) is 29.9 Å². The number of ether oxygens (including phenoxy) is 2. The van der Waals surface area contributed by atoms with Crippen molar-refractivity contribution in [3.8, 4) is 11.5 Å². The number of hydrogen-bond acceptors (Lipinski definition) is 6. The SMILES string of the molecule is Cc1cc2c(CC(=O)O)cccc2n1C(=O)c1ccc(OCC2CN(C)c3ncccc3O2)cc1. The molecule has 0 amide bonds. The maximum Gasteiger partial charge on any atom is 0.307 e. The first-order valence-corrected chi connectivity index (χ1v) is 11.3. The van der Waals surface area contributed by atoms with E-state index in [0.29, 0.717) is 35.5 Å². The summed E-state index contributed by atoms with van der Waals surface area (Å²) in [6, 6.07) is 18.0. The summed E-state index contributed by atoms with van der Waals surface area (Å²) < 4.78 is 13.6. The number of anilines is 1. The predicted octanol–water partition coefficient (Wildman–Crippen LogP) is 3.94. The Hall–Kier alpha value is -4.33. The Morgan fingerprint density at radius 1 is 1.14 bits per heavy atom. The molecule has 0 aliphatic carbocycles. The minimum Gasteiger partial charge on any atom is -0.490 e. The number of fused-ring (bicyclic) bond motifs is 2. The monoisotopic (exact) mass is 471 g/mol. The molecule has 8 nitrogen and oxygen atoms in total. The van der Waals surface area contributed by atoms with Gasteiger partial charge in [-0.15, -0.1) is 0 Å². The second kappa shape index (κ2) is 9.13. The molecule has 0 fully saturated rings. The van der Waals surface area contributed by atoms with Crippen molar-refractivity contribution in [1.82, 2.24) is 9.55 Å². The number of carboxylic acids is 1. The highest BCUT2D eigenvalue weighted by Crippen LogP contribution is 2.30. The van der Waals surface area contributed by atoms with Crippen LogP contribution in [0.5, 0.6) is 11.5 Å². The molecule has 0 spiro atoms. The summed E-state index contributed by atoms with van der Waals surface area (Å²) in [5.41, 5.74) is 2.63. The van der Waals surface area contributed by atoms with Gasteiger partial charge in [-0.1, -0.05) is 12.1 Å². The molecule has 35 heavy (non-hydrogen) atoms. The summed E-state index contributed by atoms with van der Waals surface area (Å²) >= 11 is 0. The average molecular weight is 472 g/mol. The van der Waals surface area contributed by atoms with Gasteiger partial charge in [0.05, 0.1) is 18.5 Å². The second-order valence-corrected chi connectivity index (χ2v) is 8.63. The van der Waals surface area contributed by atoms with E-state index in [2.05, 4.69) is 4.98 Å². The molecule has 1 N–H and O–H groups in total. The van der Waals surface area contributed by atoms with Crippen molar-refractivity contribution in [2.75, 3.05) is 25.1 Å². The Kier molecular flexibility index (Phi) is 5.86. The number of pyridine rings is 1. The van der Waals surface area contributed by atoms with Crippen LogP contribution in [0.15, 0.2) is 66.9 Å². The smallest absolute Gasteiger partial charge is 0.307 e. The quantitative estimate of drug-likeness (QED) is 0.455. The number of hydrogen-bond donors (Lipinski definition) is 1. The predicted molar refractivity (Wildman–Crippen MR) is 132 cm³/mol. The van der Waals surface area contributed by atoms with E-state index in [1.807, 2.05) is 43.1 Å². The first-order valence-electron chi connectivity index (χ1n) is 11.3. The van der Waals surface area contributed by atoms with E-state index < -0.39 is 5.97 Å². The topological polar surface area (TPSA) is 93.9 Å². The van der Waals surface area contributed by atoms with Gasteiger partial charge < -0.3 is 19.5 Å². The van der Waals surface area contributed by atoms with Crippen LogP contribution in [0, 0.1) is 6.92 Å². The third kappa shape index (κ3) is 4.42. The fourth-order valence-corrected chi connectivity index (χ4v) is 4.48.